The van der Waals surface area contributed by atoms with Crippen LogP contribution in [0.5, 0.6) is 0 Å². The average molecular weight is 168 g/mol. The third-order valence-electron chi connectivity index (χ3n) is 3.00. The fourth-order valence-electron chi connectivity index (χ4n) is 1.70. The Bertz CT molecular complexity index is 181. The van der Waals surface area contributed by atoms with Gasteiger partial charge in [0.05, 0.1) is 0 Å². The van der Waals surface area contributed by atoms with Gasteiger partial charge in [0.1, 0.15) is 0 Å². The second kappa shape index (κ2) is 3.61. The summed E-state index contributed by atoms with van der Waals surface area (Å²) in [5.74, 6) is 0.688. The van der Waals surface area contributed by atoms with Crippen LogP contribution >= 0.6 is 0 Å². The molecule has 0 bridgehead atoms. The lowest BCUT2D eigenvalue weighted by atomic mass is 9.75. The van der Waals surface area contributed by atoms with E-state index in [9.17, 15) is 0 Å². The zero-order valence-corrected chi connectivity index (χ0v) is 8.43. The standard InChI is InChI=1S/C11H20O/c1-9(2)10-4-6-11(3,8-12)7-5-10/h4,9,12H,5-8H2,1-3H3. The Morgan fingerprint density at radius 3 is 2.58 bits per heavy atom. The first-order chi connectivity index (χ1) is 5.57. The molecule has 0 aliphatic heterocycles. The molecule has 0 spiro atoms. The quantitative estimate of drug-likeness (QED) is 0.629. The monoisotopic (exact) mass is 168 g/mol. The molecule has 1 N–H and O–H groups in total. The van der Waals surface area contributed by atoms with E-state index in [2.05, 4.69) is 26.8 Å². The Morgan fingerprint density at radius 2 is 2.25 bits per heavy atom. The third kappa shape index (κ3) is 2.10. The molecule has 0 amide bonds. The Labute approximate surface area is 75.5 Å². The Balaban J connectivity index is 2.58. The first kappa shape index (κ1) is 9.79. The normalized spacial score (nSPS) is 30.6. The lowest BCUT2D eigenvalue weighted by Crippen LogP contribution is -2.24. The Kier molecular flexibility index (Phi) is 2.94. The van der Waals surface area contributed by atoms with Crippen molar-refractivity contribution in [3.05, 3.63) is 11.6 Å². The first-order valence-electron chi connectivity index (χ1n) is 4.87. The van der Waals surface area contributed by atoms with E-state index < -0.39 is 0 Å². The molecule has 0 saturated heterocycles. The van der Waals surface area contributed by atoms with Gasteiger partial charge in [-0.15, -0.1) is 0 Å². The minimum absolute atomic E-state index is 0.165. The topological polar surface area (TPSA) is 20.2 Å². The fourth-order valence-corrected chi connectivity index (χ4v) is 1.70. The first-order valence-corrected chi connectivity index (χ1v) is 4.87. The van der Waals surface area contributed by atoms with Gasteiger partial charge in [-0.3, -0.25) is 0 Å². The molecule has 0 aromatic carbocycles. The van der Waals surface area contributed by atoms with Crippen molar-refractivity contribution in [1.29, 1.82) is 0 Å². The number of aliphatic hydroxyl groups excluding tert-OH is 1. The maximum Gasteiger partial charge on any atom is 0.0487 e. The molecule has 1 aliphatic rings. The van der Waals surface area contributed by atoms with Crippen LogP contribution in [0.1, 0.15) is 40.0 Å². The lowest BCUT2D eigenvalue weighted by Gasteiger charge is -2.31. The van der Waals surface area contributed by atoms with Crippen LogP contribution in [0.15, 0.2) is 11.6 Å². The zero-order valence-electron chi connectivity index (χ0n) is 8.43. The Hall–Kier alpha value is -0.300. The van der Waals surface area contributed by atoms with E-state index >= 15 is 0 Å². The minimum Gasteiger partial charge on any atom is -0.396 e. The molecular formula is C11H20O. The molecule has 12 heavy (non-hydrogen) atoms. The minimum atomic E-state index is 0.165. The number of allylic oxidation sites excluding steroid dienone is 2. The summed E-state index contributed by atoms with van der Waals surface area (Å²) in [7, 11) is 0. The molecule has 0 aromatic heterocycles. The summed E-state index contributed by atoms with van der Waals surface area (Å²) in [6.45, 7) is 6.98. The van der Waals surface area contributed by atoms with E-state index in [4.69, 9.17) is 5.11 Å². The second-order valence-electron chi connectivity index (χ2n) is 4.61. The summed E-state index contributed by atoms with van der Waals surface area (Å²) in [6.07, 6.45) is 5.70. The molecule has 0 saturated carbocycles. The predicted molar refractivity (Wildman–Crippen MR) is 52.0 cm³/mol. The van der Waals surface area contributed by atoms with E-state index in [-0.39, 0.29) is 5.41 Å². The SMILES string of the molecule is CC(C)C1=CCC(C)(CO)CC1. The second-order valence-corrected chi connectivity index (χ2v) is 4.61. The van der Waals surface area contributed by atoms with E-state index in [1.807, 2.05) is 0 Å². The average Bonchev–Trinajstić information content (AvgIpc) is 2.05. The van der Waals surface area contributed by atoms with E-state index in [1.54, 1.807) is 5.57 Å². The van der Waals surface area contributed by atoms with Crippen LogP contribution in [-0.2, 0) is 0 Å². The maximum absolute atomic E-state index is 9.15. The molecule has 1 atom stereocenters. The predicted octanol–water partition coefficient (Wildman–Crippen LogP) is 2.75. The van der Waals surface area contributed by atoms with E-state index in [0.717, 1.165) is 12.8 Å². The van der Waals surface area contributed by atoms with Crippen LogP contribution in [0.25, 0.3) is 0 Å². The van der Waals surface area contributed by atoms with Gasteiger partial charge in [-0.2, -0.15) is 0 Å². The van der Waals surface area contributed by atoms with Crippen molar-refractivity contribution in [3.63, 3.8) is 0 Å². The van der Waals surface area contributed by atoms with Crippen molar-refractivity contribution in [1.82, 2.24) is 0 Å². The molecule has 1 rings (SSSR count). The van der Waals surface area contributed by atoms with Gasteiger partial charge in [0.2, 0.25) is 0 Å². The molecule has 1 nitrogen and oxygen atoms in total. The highest BCUT2D eigenvalue weighted by Crippen LogP contribution is 2.36. The van der Waals surface area contributed by atoms with Crippen molar-refractivity contribution in [2.24, 2.45) is 11.3 Å². The van der Waals surface area contributed by atoms with Crippen LogP contribution < -0.4 is 0 Å². The van der Waals surface area contributed by atoms with Gasteiger partial charge in [0.25, 0.3) is 0 Å². The highest BCUT2D eigenvalue weighted by molar-refractivity contribution is 5.10. The van der Waals surface area contributed by atoms with Crippen molar-refractivity contribution in [3.8, 4) is 0 Å². The fraction of sp³-hybridized carbons (Fsp3) is 0.818. The summed E-state index contributed by atoms with van der Waals surface area (Å²) in [6, 6.07) is 0. The van der Waals surface area contributed by atoms with Gasteiger partial charge < -0.3 is 5.11 Å². The molecule has 1 aliphatic carbocycles. The molecule has 0 radical (unpaired) electrons. The van der Waals surface area contributed by atoms with Gasteiger partial charge >= 0.3 is 0 Å². The smallest absolute Gasteiger partial charge is 0.0487 e. The summed E-state index contributed by atoms with van der Waals surface area (Å²) in [5, 5.41) is 9.15. The zero-order chi connectivity index (χ0) is 9.19. The van der Waals surface area contributed by atoms with Gasteiger partial charge in [-0.25, -0.2) is 0 Å². The number of hydrogen-bond acceptors (Lipinski definition) is 1. The summed E-state index contributed by atoms with van der Waals surface area (Å²) in [5.41, 5.74) is 1.74. The summed E-state index contributed by atoms with van der Waals surface area (Å²) in [4.78, 5) is 0. The van der Waals surface area contributed by atoms with Gasteiger partial charge in [-0.05, 0) is 30.6 Å². The van der Waals surface area contributed by atoms with Gasteiger partial charge in [-0.1, -0.05) is 32.4 Å². The van der Waals surface area contributed by atoms with Crippen LogP contribution in [0, 0.1) is 11.3 Å². The van der Waals surface area contributed by atoms with Gasteiger partial charge in [0.15, 0.2) is 0 Å². The largest absolute Gasteiger partial charge is 0.396 e. The molecule has 0 aromatic rings. The maximum atomic E-state index is 9.15. The molecular weight excluding hydrogens is 148 g/mol. The molecule has 0 heterocycles. The van der Waals surface area contributed by atoms with Crippen LogP contribution in [0.2, 0.25) is 0 Å². The van der Waals surface area contributed by atoms with E-state index in [0.29, 0.717) is 12.5 Å². The number of aliphatic hydroxyl groups is 1. The van der Waals surface area contributed by atoms with Crippen LogP contribution in [-0.4, -0.2) is 11.7 Å². The molecule has 1 heteroatoms. The summed E-state index contributed by atoms with van der Waals surface area (Å²) >= 11 is 0. The van der Waals surface area contributed by atoms with Crippen molar-refractivity contribution >= 4 is 0 Å². The lowest BCUT2D eigenvalue weighted by molar-refractivity contribution is 0.129. The third-order valence-corrected chi connectivity index (χ3v) is 3.00. The summed E-state index contributed by atoms with van der Waals surface area (Å²) < 4.78 is 0. The van der Waals surface area contributed by atoms with Crippen molar-refractivity contribution in [2.75, 3.05) is 6.61 Å². The highest BCUT2D eigenvalue weighted by atomic mass is 16.3. The molecule has 70 valence electrons. The van der Waals surface area contributed by atoms with Crippen molar-refractivity contribution in [2.45, 2.75) is 40.0 Å². The van der Waals surface area contributed by atoms with E-state index in [1.165, 1.54) is 6.42 Å². The Morgan fingerprint density at radius 1 is 1.58 bits per heavy atom. The van der Waals surface area contributed by atoms with Gasteiger partial charge in [0, 0.05) is 6.61 Å². The number of hydrogen-bond donors (Lipinski definition) is 1. The highest BCUT2D eigenvalue weighted by Gasteiger charge is 2.26. The molecule has 0 fully saturated rings. The van der Waals surface area contributed by atoms with Crippen LogP contribution in [0.4, 0.5) is 0 Å². The van der Waals surface area contributed by atoms with Crippen LogP contribution in [0.3, 0.4) is 0 Å². The molecule has 1 unspecified atom stereocenters. The van der Waals surface area contributed by atoms with Crippen molar-refractivity contribution < 1.29 is 5.11 Å². The number of rotatable bonds is 2.